The van der Waals surface area contributed by atoms with Gasteiger partial charge in [0.1, 0.15) is 0 Å². The maximum atomic E-state index is 11.6. The van der Waals surface area contributed by atoms with Crippen LogP contribution in [0.15, 0.2) is 29.6 Å². The Balaban J connectivity index is 2.76. The molecule has 1 heterocycles. The van der Waals surface area contributed by atoms with Crippen molar-refractivity contribution >= 4 is 17.0 Å². The van der Waals surface area contributed by atoms with E-state index in [0.717, 1.165) is 16.9 Å². The topological polar surface area (TPSA) is 63.4 Å². The van der Waals surface area contributed by atoms with Gasteiger partial charge in [-0.2, -0.15) is 0 Å². The Labute approximate surface area is 121 Å². The molecule has 1 atom stereocenters. The highest BCUT2D eigenvalue weighted by molar-refractivity contribution is 7.13. The molecule has 1 N–H and O–H groups in total. The van der Waals surface area contributed by atoms with E-state index in [9.17, 15) is 15.2 Å². The van der Waals surface area contributed by atoms with Gasteiger partial charge in [0.25, 0.3) is 5.69 Å². The zero-order chi connectivity index (χ0) is 14.7. The number of hydrogen-bond donors (Lipinski definition) is 1. The maximum absolute atomic E-state index is 11.6. The third kappa shape index (κ3) is 2.59. The van der Waals surface area contributed by atoms with Crippen molar-refractivity contribution in [1.29, 1.82) is 0 Å². The lowest BCUT2D eigenvalue weighted by atomic mass is 9.92. The lowest BCUT2D eigenvalue weighted by molar-refractivity contribution is -0.385. The molecule has 2 rings (SSSR count). The molecule has 1 aromatic carbocycles. The van der Waals surface area contributed by atoms with Crippen LogP contribution in [-0.2, 0) is 6.42 Å². The van der Waals surface area contributed by atoms with Crippen LogP contribution in [0.5, 0.6) is 0 Å². The van der Waals surface area contributed by atoms with Gasteiger partial charge in [0.05, 0.1) is 10.5 Å². The highest BCUT2D eigenvalue weighted by atomic mass is 32.1. The van der Waals surface area contributed by atoms with E-state index in [1.807, 2.05) is 30.5 Å². The van der Waals surface area contributed by atoms with Crippen LogP contribution in [0.3, 0.4) is 0 Å². The fourth-order valence-corrected chi connectivity index (χ4v) is 3.14. The molecular formula is C15H17NO3S. The standard InChI is InChI=1S/C15H17NO3S/c1-3-11-6-7-12(10(2)9-17)15(16(18)19)14(11)13-5-4-8-20-13/h4-8,10,17H,3,9H2,1-2H3. The summed E-state index contributed by atoms with van der Waals surface area (Å²) < 4.78 is 0. The number of thiophene rings is 1. The molecule has 1 unspecified atom stereocenters. The lowest BCUT2D eigenvalue weighted by Crippen LogP contribution is -2.06. The Bertz CT molecular complexity index is 608. The predicted octanol–water partition coefficient (Wildman–Crippen LogP) is 3.98. The largest absolute Gasteiger partial charge is 0.396 e. The summed E-state index contributed by atoms with van der Waals surface area (Å²) in [5.74, 6) is -0.250. The number of rotatable bonds is 5. The number of nitrogens with zero attached hydrogens (tertiary/aromatic N) is 1. The van der Waals surface area contributed by atoms with Crippen LogP contribution in [0.4, 0.5) is 5.69 Å². The number of aliphatic hydroxyl groups is 1. The Kier molecular flexibility index (Phi) is 4.52. The highest BCUT2D eigenvalue weighted by Gasteiger charge is 2.26. The van der Waals surface area contributed by atoms with Crippen LogP contribution in [-0.4, -0.2) is 16.6 Å². The molecule has 0 saturated heterocycles. The second-order valence-electron chi connectivity index (χ2n) is 4.71. The van der Waals surface area contributed by atoms with Crippen LogP contribution >= 0.6 is 11.3 Å². The number of nitro benzene ring substituents is 1. The molecule has 2 aromatic rings. The van der Waals surface area contributed by atoms with Gasteiger partial charge in [-0.05, 0) is 23.4 Å². The number of benzene rings is 1. The zero-order valence-corrected chi connectivity index (χ0v) is 12.3. The van der Waals surface area contributed by atoms with Crippen molar-refractivity contribution in [2.24, 2.45) is 0 Å². The highest BCUT2D eigenvalue weighted by Crippen LogP contribution is 2.41. The molecule has 4 nitrogen and oxygen atoms in total. The summed E-state index contributed by atoms with van der Waals surface area (Å²) >= 11 is 1.50. The Morgan fingerprint density at radius 3 is 2.65 bits per heavy atom. The summed E-state index contributed by atoms with van der Waals surface area (Å²) in [5.41, 5.74) is 2.39. The van der Waals surface area contributed by atoms with Gasteiger partial charge in [0.2, 0.25) is 0 Å². The van der Waals surface area contributed by atoms with E-state index in [-0.39, 0.29) is 23.1 Å². The van der Waals surface area contributed by atoms with E-state index in [1.165, 1.54) is 11.3 Å². The summed E-state index contributed by atoms with van der Waals surface area (Å²) in [7, 11) is 0. The molecule has 106 valence electrons. The van der Waals surface area contributed by atoms with Gasteiger partial charge in [-0.1, -0.05) is 32.0 Å². The average Bonchev–Trinajstić information content (AvgIpc) is 2.98. The number of aryl methyl sites for hydroxylation is 1. The first kappa shape index (κ1) is 14.7. The van der Waals surface area contributed by atoms with Crippen molar-refractivity contribution in [3.05, 3.63) is 50.9 Å². The molecule has 1 aromatic heterocycles. The second-order valence-corrected chi connectivity index (χ2v) is 5.66. The minimum Gasteiger partial charge on any atom is -0.396 e. The van der Waals surface area contributed by atoms with Crippen LogP contribution in [0.1, 0.15) is 30.9 Å². The zero-order valence-electron chi connectivity index (χ0n) is 11.5. The van der Waals surface area contributed by atoms with Crippen molar-refractivity contribution in [3.8, 4) is 10.4 Å². The molecule has 0 amide bonds. The molecule has 0 radical (unpaired) electrons. The smallest absolute Gasteiger partial charge is 0.281 e. The van der Waals surface area contributed by atoms with Gasteiger partial charge in [0.15, 0.2) is 0 Å². The normalized spacial score (nSPS) is 12.3. The summed E-state index contributed by atoms with van der Waals surface area (Å²) in [6.07, 6.45) is 0.738. The number of aliphatic hydroxyl groups excluding tert-OH is 1. The Hall–Kier alpha value is -1.72. The van der Waals surface area contributed by atoms with Gasteiger partial charge < -0.3 is 5.11 Å². The van der Waals surface area contributed by atoms with Gasteiger partial charge in [0, 0.05) is 23.0 Å². The first-order valence-electron chi connectivity index (χ1n) is 6.55. The molecule has 0 aliphatic rings. The van der Waals surface area contributed by atoms with Crippen LogP contribution in [0, 0.1) is 10.1 Å². The van der Waals surface area contributed by atoms with E-state index >= 15 is 0 Å². The van der Waals surface area contributed by atoms with Crippen molar-refractivity contribution < 1.29 is 10.0 Å². The van der Waals surface area contributed by atoms with Gasteiger partial charge >= 0.3 is 0 Å². The van der Waals surface area contributed by atoms with Crippen LogP contribution < -0.4 is 0 Å². The summed E-state index contributed by atoms with van der Waals surface area (Å²) in [6, 6.07) is 7.50. The molecular weight excluding hydrogens is 274 g/mol. The molecule has 0 aliphatic carbocycles. The van der Waals surface area contributed by atoms with E-state index in [1.54, 1.807) is 13.0 Å². The third-order valence-electron chi connectivity index (χ3n) is 3.43. The summed E-state index contributed by atoms with van der Waals surface area (Å²) in [6.45, 7) is 3.69. The van der Waals surface area contributed by atoms with Crippen molar-refractivity contribution in [3.63, 3.8) is 0 Å². The molecule has 0 fully saturated rings. The lowest BCUT2D eigenvalue weighted by Gasteiger charge is -2.14. The van der Waals surface area contributed by atoms with Crippen LogP contribution in [0.25, 0.3) is 10.4 Å². The number of hydrogen-bond acceptors (Lipinski definition) is 4. The van der Waals surface area contributed by atoms with Gasteiger partial charge in [-0.25, -0.2) is 0 Å². The van der Waals surface area contributed by atoms with Crippen LogP contribution in [0.2, 0.25) is 0 Å². The van der Waals surface area contributed by atoms with E-state index < -0.39 is 0 Å². The quantitative estimate of drug-likeness (QED) is 0.669. The Morgan fingerprint density at radius 1 is 1.40 bits per heavy atom. The van der Waals surface area contributed by atoms with Gasteiger partial charge in [-0.15, -0.1) is 11.3 Å². The summed E-state index contributed by atoms with van der Waals surface area (Å²) in [4.78, 5) is 12.1. The van der Waals surface area contributed by atoms with Crippen molar-refractivity contribution in [2.75, 3.05) is 6.61 Å². The Morgan fingerprint density at radius 2 is 2.15 bits per heavy atom. The molecule has 0 spiro atoms. The summed E-state index contributed by atoms with van der Waals surface area (Å²) in [5, 5.41) is 22.8. The molecule has 5 heteroatoms. The monoisotopic (exact) mass is 291 g/mol. The number of nitro groups is 1. The van der Waals surface area contributed by atoms with E-state index in [2.05, 4.69) is 0 Å². The predicted molar refractivity (Wildman–Crippen MR) is 81.3 cm³/mol. The second kappa shape index (κ2) is 6.15. The molecule has 0 saturated carbocycles. The SMILES string of the molecule is CCc1ccc(C(C)CO)c([N+](=O)[O-])c1-c1cccs1. The first-order chi connectivity index (χ1) is 9.60. The van der Waals surface area contributed by atoms with E-state index in [0.29, 0.717) is 11.1 Å². The average molecular weight is 291 g/mol. The maximum Gasteiger partial charge on any atom is 0.281 e. The first-order valence-corrected chi connectivity index (χ1v) is 7.43. The third-order valence-corrected chi connectivity index (χ3v) is 4.32. The van der Waals surface area contributed by atoms with Crippen molar-refractivity contribution in [1.82, 2.24) is 0 Å². The minimum absolute atomic E-state index is 0.101. The van der Waals surface area contributed by atoms with Gasteiger partial charge in [-0.3, -0.25) is 10.1 Å². The minimum atomic E-state index is -0.324. The fourth-order valence-electron chi connectivity index (χ4n) is 2.33. The molecule has 0 aliphatic heterocycles. The fraction of sp³-hybridized carbons (Fsp3) is 0.333. The van der Waals surface area contributed by atoms with E-state index in [4.69, 9.17) is 0 Å². The molecule has 0 bridgehead atoms. The van der Waals surface area contributed by atoms with Crippen molar-refractivity contribution in [2.45, 2.75) is 26.2 Å². The molecule has 20 heavy (non-hydrogen) atoms.